The Bertz CT molecular complexity index is 754. The van der Waals surface area contributed by atoms with Crippen molar-refractivity contribution in [1.29, 1.82) is 0 Å². The fraction of sp³-hybridized carbons (Fsp3) is 0.581. The van der Waals surface area contributed by atoms with Crippen LogP contribution in [-0.2, 0) is 11.4 Å². The Labute approximate surface area is 208 Å². The van der Waals surface area contributed by atoms with Gasteiger partial charge in [0, 0.05) is 0 Å². The van der Waals surface area contributed by atoms with Crippen molar-refractivity contribution in [3.63, 3.8) is 0 Å². The van der Waals surface area contributed by atoms with Gasteiger partial charge in [0.2, 0.25) is 0 Å². The maximum atomic E-state index is 12.6. The molecule has 0 saturated heterocycles. The van der Waals surface area contributed by atoms with Crippen LogP contribution in [-0.4, -0.2) is 5.97 Å². The number of esters is 1. The van der Waals surface area contributed by atoms with E-state index in [2.05, 4.69) is 13.8 Å². The zero-order valence-electron chi connectivity index (χ0n) is 21.6. The van der Waals surface area contributed by atoms with Crippen molar-refractivity contribution in [2.24, 2.45) is 5.92 Å². The number of ether oxygens (including phenoxy) is 2. The summed E-state index contributed by atoms with van der Waals surface area (Å²) < 4.78 is 11.5. The molecule has 2 rings (SSSR count). The van der Waals surface area contributed by atoms with Gasteiger partial charge in [-0.25, -0.2) is 0 Å². The number of unbranched alkanes of at least 4 members (excludes halogenated alkanes) is 11. The monoisotopic (exact) mass is 466 g/mol. The molecule has 2 aromatic carbocycles. The summed E-state index contributed by atoms with van der Waals surface area (Å²) >= 11 is 0. The standard InChI is InChI=1S/C31H46O3/c1-3-5-6-7-8-9-10-11-12-13-14-18-21-28(4-2)31(32)34-30-24-22-29(23-25-30)33-26-27-19-16-15-17-20-27/h15-17,19-20,22-25,28H,3-14,18,21,26H2,1-2H3. The lowest BCUT2D eigenvalue weighted by Gasteiger charge is -2.14. The summed E-state index contributed by atoms with van der Waals surface area (Å²) in [7, 11) is 0. The lowest BCUT2D eigenvalue weighted by Crippen LogP contribution is -2.20. The van der Waals surface area contributed by atoms with E-state index in [1.165, 1.54) is 70.6 Å². The first-order valence-electron chi connectivity index (χ1n) is 13.7. The molecule has 0 heterocycles. The molecule has 3 nitrogen and oxygen atoms in total. The maximum Gasteiger partial charge on any atom is 0.314 e. The van der Waals surface area contributed by atoms with E-state index in [1.54, 1.807) is 0 Å². The summed E-state index contributed by atoms with van der Waals surface area (Å²) in [5.41, 5.74) is 1.13. The summed E-state index contributed by atoms with van der Waals surface area (Å²) in [4.78, 5) is 12.6. The number of hydrogen-bond acceptors (Lipinski definition) is 3. The van der Waals surface area contributed by atoms with Gasteiger partial charge >= 0.3 is 5.97 Å². The van der Waals surface area contributed by atoms with Crippen molar-refractivity contribution in [2.45, 2.75) is 110 Å². The van der Waals surface area contributed by atoms with E-state index in [9.17, 15) is 4.79 Å². The summed E-state index contributed by atoms with van der Waals surface area (Å²) in [5, 5.41) is 0. The molecule has 2 aromatic rings. The number of hydrogen-bond donors (Lipinski definition) is 0. The Morgan fingerprint density at radius 2 is 1.21 bits per heavy atom. The van der Waals surface area contributed by atoms with Crippen molar-refractivity contribution >= 4 is 5.97 Å². The quantitative estimate of drug-likeness (QED) is 0.117. The third-order valence-corrected chi connectivity index (χ3v) is 6.52. The second-order valence-corrected chi connectivity index (χ2v) is 9.45. The highest BCUT2D eigenvalue weighted by molar-refractivity contribution is 5.75. The highest BCUT2D eigenvalue weighted by atomic mass is 16.5. The third-order valence-electron chi connectivity index (χ3n) is 6.52. The molecule has 188 valence electrons. The van der Waals surface area contributed by atoms with Crippen LogP contribution in [0.4, 0.5) is 0 Å². The highest BCUT2D eigenvalue weighted by Crippen LogP contribution is 2.22. The average Bonchev–Trinajstić information content (AvgIpc) is 2.87. The van der Waals surface area contributed by atoms with E-state index in [4.69, 9.17) is 9.47 Å². The van der Waals surface area contributed by atoms with Crippen molar-refractivity contribution < 1.29 is 14.3 Å². The average molecular weight is 467 g/mol. The molecule has 0 amide bonds. The van der Waals surface area contributed by atoms with E-state index in [-0.39, 0.29) is 11.9 Å². The number of benzene rings is 2. The van der Waals surface area contributed by atoms with Crippen LogP contribution >= 0.6 is 0 Å². The van der Waals surface area contributed by atoms with Gasteiger partial charge in [-0.1, -0.05) is 121 Å². The van der Waals surface area contributed by atoms with Gasteiger partial charge in [-0.3, -0.25) is 4.79 Å². The topological polar surface area (TPSA) is 35.5 Å². The zero-order valence-corrected chi connectivity index (χ0v) is 21.6. The van der Waals surface area contributed by atoms with E-state index >= 15 is 0 Å². The predicted octanol–water partition coefficient (Wildman–Crippen LogP) is 9.29. The van der Waals surface area contributed by atoms with Crippen LogP contribution in [0.1, 0.15) is 109 Å². The molecule has 1 atom stereocenters. The molecule has 34 heavy (non-hydrogen) atoms. The molecular weight excluding hydrogens is 420 g/mol. The lowest BCUT2D eigenvalue weighted by atomic mass is 9.97. The molecule has 0 N–H and O–H groups in total. The van der Waals surface area contributed by atoms with Gasteiger partial charge in [-0.05, 0) is 42.7 Å². The maximum absolute atomic E-state index is 12.6. The first-order valence-corrected chi connectivity index (χ1v) is 13.7. The number of carbonyl (C=O) groups is 1. The zero-order chi connectivity index (χ0) is 24.3. The SMILES string of the molecule is CCCCCCCCCCCCCCC(CC)C(=O)Oc1ccc(OCc2ccccc2)cc1. The van der Waals surface area contributed by atoms with Gasteiger partial charge in [0.25, 0.3) is 0 Å². The molecule has 0 aliphatic rings. The molecule has 1 unspecified atom stereocenters. The van der Waals surface area contributed by atoms with Gasteiger partial charge in [0.1, 0.15) is 18.1 Å². The van der Waals surface area contributed by atoms with Crippen molar-refractivity contribution in [3.8, 4) is 11.5 Å². The van der Waals surface area contributed by atoms with Crippen molar-refractivity contribution in [1.82, 2.24) is 0 Å². The highest BCUT2D eigenvalue weighted by Gasteiger charge is 2.18. The minimum atomic E-state index is -0.108. The molecule has 3 heteroatoms. The molecule has 0 aromatic heterocycles. The van der Waals surface area contributed by atoms with E-state index in [1.807, 2.05) is 54.6 Å². The lowest BCUT2D eigenvalue weighted by molar-refractivity contribution is -0.139. The molecule has 0 bridgehead atoms. The minimum Gasteiger partial charge on any atom is -0.489 e. The fourth-order valence-corrected chi connectivity index (χ4v) is 4.26. The van der Waals surface area contributed by atoms with Crippen LogP contribution < -0.4 is 9.47 Å². The smallest absolute Gasteiger partial charge is 0.314 e. The Kier molecular flexibility index (Phi) is 14.9. The second-order valence-electron chi connectivity index (χ2n) is 9.45. The molecule has 0 aliphatic carbocycles. The molecule has 0 fully saturated rings. The first-order chi connectivity index (χ1) is 16.7. The van der Waals surface area contributed by atoms with E-state index < -0.39 is 0 Å². The normalized spacial score (nSPS) is 11.8. The van der Waals surface area contributed by atoms with Gasteiger partial charge in [-0.15, -0.1) is 0 Å². The van der Waals surface area contributed by atoms with Crippen molar-refractivity contribution in [2.75, 3.05) is 0 Å². The third kappa shape index (κ3) is 12.3. The Balaban J connectivity index is 1.56. The van der Waals surface area contributed by atoms with Crippen LogP contribution in [0.15, 0.2) is 54.6 Å². The second kappa shape index (κ2) is 18.1. The minimum absolute atomic E-state index is 0.0165. The first kappa shape index (κ1) is 28.0. The van der Waals surface area contributed by atoms with Gasteiger partial charge < -0.3 is 9.47 Å². The van der Waals surface area contributed by atoms with Gasteiger partial charge in [0.15, 0.2) is 0 Å². The van der Waals surface area contributed by atoms with Gasteiger partial charge in [-0.2, -0.15) is 0 Å². The number of rotatable bonds is 19. The largest absolute Gasteiger partial charge is 0.489 e. The Morgan fingerprint density at radius 1 is 0.676 bits per heavy atom. The van der Waals surface area contributed by atoms with Crippen LogP contribution in [0, 0.1) is 5.92 Å². The molecule has 0 radical (unpaired) electrons. The fourth-order valence-electron chi connectivity index (χ4n) is 4.26. The van der Waals surface area contributed by atoms with Crippen LogP contribution in [0.25, 0.3) is 0 Å². The summed E-state index contributed by atoms with van der Waals surface area (Å²) in [6.07, 6.45) is 17.8. The summed E-state index contributed by atoms with van der Waals surface area (Å²) in [6, 6.07) is 17.4. The molecular formula is C31H46O3. The van der Waals surface area contributed by atoms with E-state index in [0.29, 0.717) is 12.4 Å². The van der Waals surface area contributed by atoms with Crippen molar-refractivity contribution in [3.05, 3.63) is 60.2 Å². The van der Waals surface area contributed by atoms with Crippen LogP contribution in [0.5, 0.6) is 11.5 Å². The summed E-state index contributed by atoms with van der Waals surface area (Å²) in [5.74, 6) is 1.23. The Morgan fingerprint density at radius 3 is 1.76 bits per heavy atom. The van der Waals surface area contributed by atoms with Gasteiger partial charge in [0.05, 0.1) is 5.92 Å². The number of carbonyl (C=O) groups excluding carboxylic acids is 1. The molecule has 0 saturated carbocycles. The van der Waals surface area contributed by atoms with E-state index in [0.717, 1.165) is 30.6 Å². The van der Waals surface area contributed by atoms with Crippen LogP contribution in [0.3, 0.4) is 0 Å². The summed E-state index contributed by atoms with van der Waals surface area (Å²) in [6.45, 7) is 4.87. The van der Waals surface area contributed by atoms with Crippen LogP contribution in [0.2, 0.25) is 0 Å². The Hall–Kier alpha value is -2.29. The predicted molar refractivity (Wildman–Crippen MR) is 142 cm³/mol. The molecule has 0 spiro atoms. The molecule has 0 aliphatic heterocycles.